The Hall–Kier alpha value is -2.76. The van der Waals surface area contributed by atoms with Crippen LogP contribution < -0.4 is 10.1 Å². The lowest BCUT2D eigenvalue weighted by Crippen LogP contribution is -2.32. The molecule has 0 saturated carbocycles. The topological polar surface area (TPSA) is 102 Å². The summed E-state index contributed by atoms with van der Waals surface area (Å²) in [6, 6.07) is 12.9. The third-order valence-electron chi connectivity index (χ3n) is 6.64. The Balaban J connectivity index is 1.58. The van der Waals surface area contributed by atoms with Gasteiger partial charge in [-0.25, -0.2) is 4.98 Å². The molecule has 194 valence electrons. The largest absolute Gasteiger partial charge is 0.476 e. The summed E-state index contributed by atoms with van der Waals surface area (Å²) in [6.07, 6.45) is 5.68. The minimum absolute atomic E-state index is 0.0197. The van der Waals surface area contributed by atoms with Crippen LogP contribution in [0.4, 0.5) is 0 Å². The summed E-state index contributed by atoms with van der Waals surface area (Å²) >= 11 is 0. The van der Waals surface area contributed by atoms with Crippen LogP contribution in [-0.4, -0.2) is 58.8 Å². The van der Waals surface area contributed by atoms with E-state index in [0.29, 0.717) is 23.4 Å². The quantitative estimate of drug-likeness (QED) is 0.350. The van der Waals surface area contributed by atoms with Crippen molar-refractivity contribution in [3.63, 3.8) is 0 Å². The molecule has 1 aromatic carbocycles. The van der Waals surface area contributed by atoms with Crippen molar-refractivity contribution in [3.05, 3.63) is 36.0 Å². The molecule has 7 nitrogen and oxygen atoms in total. The number of hydrogen-bond acceptors (Lipinski definition) is 6. The van der Waals surface area contributed by atoms with Gasteiger partial charge >= 0.3 is 0 Å². The highest BCUT2D eigenvalue weighted by molar-refractivity contribution is 8.28. The molecule has 1 aromatic heterocycles. The Morgan fingerprint density at radius 1 is 1.36 bits per heavy atom. The van der Waals surface area contributed by atoms with Crippen molar-refractivity contribution in [1.82, 2.24) is 15.2 Å². The van der Waals surface area contributed by atoms with Gasteiger partial charge in [-0.2, -0.15) is 5.26 Å². The molecule has 1 aliphatic heterocycles. The predicted octanol–water partition coefficient (Wildman–Crippen LogP) is 4.97. The van der Waals surface area contributed by atoms with Crippen LogP contribution in [0.5, 0.6) is 5.88 Å². The van der Waals surface area contributed by atoms with Crippen molar-refractivity contribution in [2.24, 2.45) is 11.8 Å². The van der Waals surface area contributed by atoms with E-state index in [1.165, 1.54) is 0 Å². The van der Waals surface area contributed by atoms with E-state index in [9.17, 15) is 10.1 Å². The fourth-order valence-corrected chi connectivity index (χ4v) is 6.01. The smallest absolute Gasteiger partial charge is 0.235 e. The van der Waals surface area contributed by atoms with E-state index in [1.54, 1.807) is 0 Å². The number of aryl methyl sites for hydroxylation is 1. The number of nitrogens with zero attached hydrogens (tertiary/aromatic N) is 3. The van der Waals surface area contributed by atoms with Crippen molar-refractivity contribution in [3.8, 4) is 11.9 Å². The van der Waals surface area contributed by atoms with Gasteiger partial charge in [-0.3, -0.25) is 10.2 Å². The van der Waals surface area contributed by atoms with Crippen LogP contribution in [0.15, 0.2) is 30.3 Å². The van der Waals surface area contributed by atoms with Gasteiger partial charge in [0.2, 0.25) is 11.8 Å². The van der Waals surface area contributed by atoms with Gasteiger partial charge in [-0.15, -0.1) is 10.5 Å². The highest BCUT2D eigenvalue weighted by Crippen LogP contribution is 2.26. The third kappa shape index (κ3) is 7.87. The Morgan fingerprint density at radius 3 is 2.86 bits per heavy atom. The maximum Gasteiger partial charge on any atom is 0.235 e. The van der Waals surface area contributed by atoms with E-state index in [2.05, 4.69) is 60.7 Å². The van der Waals surface area contributed by atoms with Crippen LogP contribution in [0.1, 0.15) is 51.6 Å². The SMILES string of the molecule is CCCCc1cc2ccccc2c(OCCN(C)CC(CC/C=S2/CC(=O)NC2=N)C(C#N)CC)n1. The second-order valence-corrected chi connectivity index (χ2v) is 11.3. The van der Waals surface area contributed by atoms with Gasteiger partial charge in [0.25, 0.3) is 0 Å². The van der Waals surface area contributed by atoms with Gasteiger partial charge in [0.05, 0.1) is 17.7 Å². The number of benzene rings is 1. The van der Waals surface area contributed by atoms with Crippen LogP contribution in [-0.2, 0) is 11.2 Å². The molecule has 3 atom stereocenters. The molecule has 2 aromatic rings. The number of pyridine rings is 1. The Kier molecular flexibility index (Phi) is 10.9. The summed E-state index contributed by atoms with van der Waals surface area (Å²) in [4.78, 5) is 18.6. The van der Waals surface area contributed by atoms with E-state index in [0.717, 1.165) is 68.1 Å². The number of amidine groups is 1. The Morgan fingerprint density at radius 2 is 2.17 bits per heavy atom. The van der Waals surface area contributed by atoms with Crippen molar-refractivity contribution in [2.45, 2.75) is 52.4 Å². The summed E-state index contributed by atoms with van der Waals surface area (Å²) in [7, 11) is 1.66. The van der Waals surface area contributed by atoms with Crippen molar-refractivity contribution < 1.29 is 9.53 Å². The Bertz CT molecular complexity index is 1130. The summed E-state index contributed by atoms with van der Waals surface area (Å²) in [6.45, 7) is 6.32. The maximum atomic E-state index is 11.5. The first kappa shape index (κ1) is 27.8. The average Bonchev–Trinajstić information content (AvgIpc) is 3.19. The molecule has 2 N–H and O–H groups in total. The zero-order valence-electron chi connectivity index (χ0n) is 21.8. The van der Waals surface area contributed by atoms with E-state index in [1.807, 2.05) is 12.1 Å². The second-order valence-electron chi connectivity index (χ2n) is 9.45. The summed E-state index contributed by atoms with van der Waals surface area (Å²) in [5, 5.41) is 24.8. The fraction of sp³-hybridized carbons (Fsp3) is 0.536. The number of hydrogen-bond donors (Lipinski definition) is 2. The van der Waals surface area contributed by atoms with E-state index < -0.39 is 10.5 Å². The van der Waals surface area contributed by atoms with E-state index in [4.69, 9.17) is 15.1 Å². The van der Waals surface area contributed by atoms with Gasteiger partial charge in [-0.05, 0) is 62.6 Å². The molecule has 1 saturated heterocycles. The van der Waals surface area contributed by atoms with Crippen LogP contribution >= 0.6 is 10.5 Å². The Labute approximate surface area is 217 Å². The lowest BCUT2D eigenvalue weighted by Gasteiger charge is -2.26. The molecule has 8 heteroatoms. The van der Waals surface area contributed by atoms with Crippen molar-refractivity contribution >= 4 is 37.7 Å². The number of nitrogens with one attached hydrogen (secondary N) is 2. The number of likely N-dealkylation sites (N-methyl/N-ethyl adjacent to an activating group) is 1. The van der Waals surface area contributed by atoms with E-state index in [-0.39, 0.29) is 17.7 Å². The number of ether oxygens (including phenoxy) is 1. The zero-order chi connectivity index (χ0) is 25.9. The molecule has 2 heterocycles. The molecule has 1 fully saturated rings. The lowest BCUT2D eigenvalue weighted by molar-refractivity contribution is -0.116. The van der Waals surface area contributed by atoms with Crippen molar-refractivity contribution in [1.29, 1.82) is 10.7 Å². The number of unbranched alkanes of at least 4 members (excludes halogenated alkanes) is 1. The first-order valence-corrected chi connectivity index (χ1v) is 14.4. The number of aromatic nitrogens is 1. The molecule has 0 bridgehead atoms. The molecule has 36 heavy (non-hydrogen) atoms. The highest BCUT2D eigenvalue weighted by Gasteiger charge is 2.23. The monoisotopic (exact) mass is 509 g/mol. The minimum Gasteiger partial charge on any atom is -0.476 e. The van der Waals surface area contributed by atoms with Gasteiger partial charge < -0.3 is 15.0 Å². The normalized spacial score (nSPS) is 17.4. The minimum atomic E-state index is -0.416. The fourth-order valence-electron chi connectivity index (χ4n) is 4.56. The summed E-state index contributed by atoms with van der Waals surface area (Å²) < 4.78 is 6.19. The molecule has 0 spiro atoms. The van der Waals surface area contributed by atoms with Gasteiger partial charge in [-0.1, -0.05) is 43.8 Å². The first-order valence-electron chi connectivity index (χ1n) is 13.0. The molecular formula is C28H39N5O2S. The van der Waals surface area contributed by atoms with Crippen LogP contribution in [0.3, 0.4) is 0 Å². The molecule has 0 radical (unpaired) electrons. The molecule has 3 unspecified atom stereocenters. The summed E-state index contributed by atoms with van der Waals surface area (Å²) in [5.74, 6) is 1.22. The van der Waals surface area contributed by atoms with Gasteiger partial charge in [0.15, 0.2) is 5.17 Å². The van der Waals surface area contributed by atoms with Crippen molar-refractivity contribution in [2.75, 3.05) is 32.5 Å². The molecular weight excluding hydrogens is 470 g/mol. The maximum absolute atomic E-state index is 11.5. The molecule has 1 aliphatic rings. The van der Waals surface area contributed by atoms with Gasteiger partial charge in [0.1, 0.15) is 6.61 Å². The number of nitriles is 1. The van der Waals surface area contributed by atoms with Crippen LogP contribution in [0, 0.1) is 28.6 Å². The average molecular weight is 510 g/mol. The first-order chi connectivity index (χ1) is 17.4. The second kappa shape index (κ2) is 14.1. The third-order valence-corrected chi connectivity index (χ3v) is 8.47. The standard InChI is InChI=1S/C28H39N5O2S/c1-4-6-12-24-17-22-10-7-8-13-25(22)27(31-24)35-15-14-33(3)19-23(21(5-2)18-29)11-9-16-36-20-26(34)32-28(36)30/h7-8,10,13,16-17,21,23H,4-6,9,11-12,14-15,19-20H2,1-3H3,(H2,30,32,34). The number of rotatable bonds is 14. The predicted molar refractivity (Wildman–Crippen MR) is 150 cm³/mol. The number of carbonyl (C=O) groups excluding carboxylic acids is 1. The van der Waals surface area contributed by atoms with Crippen LogP contribution in [0.25, 0.3) is 10.8 Å². The zero-order valence-corrected chi connectivity index (χ0v) is 22.6. The number of carbonyl (C=O) groups is 1. The molecule has 3 rings (SSSR count). The molecule has 1 amide bonds. The number of amides is 1. The lowest BCUT2D eigenvalue weighted by atomic mass is 9.87. The van der Waals surface area contributed by atoms with E-state index >= 15 is 0 Å². The highest BCUT2D eigenvalue weighted by atomic mass is 32.2. The number of fused-ring (bicyclic) bond motifs is 1. The molecule has 0 aliphatic carbocycles. The van der Waals surface area contributed by atoms with Crippen LogP contribution in [0.2, 0.25) is 0 Å². The summed E-state index contributed by atoms with van der Waals surface area (Å²) in [5.41, 5.74) is 1.07. The van der Waals surface area contributed by atoms with Gasteiger partial charge in [0, 0.05) is 24.2 Å².